The summed E-state index contributed by atoms with van der Waals surface area (Å²) in [5.74, 6) is 0.305. The molecule has 0 saturated carbocycles. The number of hydrogen-bond donors (Lipinski definition) is 1. The summed E-state index contributed by atoms with van der Waals surface area (Å²) in [5, 5.41) is 3.39. The first-order chi connectivity index (χ1) is 6.68. The molecule has 14 heavy (non-hydrogen) atoms. The van der Waals surface area contributed by atoms with Gasteiger partial charge in [0.25, 0.3) is 0 Å². The average molecular weight is 197 g/mol. The molecule has 4 heteroatoms. The van der Waals surface area contributed by atoms with Gasteiger partial charge in [0.05, 0.1) is 6.04 Å². The van der Waals surface area contributed by atoms with Crippen molar-refractivity contribution in [2.24, 2.45) is 0 Å². The zero-order chi connectivity index (χ0) is 10.1. The molecule has 2 atom stereocenters. The van der Waals surface area contributed by atoms with Crippen LogP contribution in [-0.4, -0.2) is 61.0 Å². The molecule has 2 fully saturated rings. The smallest absolute Gasteiger partial charge is 0.239 e. The standard InChI is InChI=1S/C10H19N3O/c1-8-7-13(6-4-11-8)9-3-5-12(2)10(9)14/h8-9,11H,3-7H2,1-2H3. The van der Waals surface area contributed by atoms with Crippen LogP contribution in [0.5, 0.6) is 0 Å². The molecule has 0 aliphatic carbocycles. The number of nitrogens with zero attached hydrogens (tertiary/aromatic N) is 2. The van der Waals surface area contributed by atoms with E-state index in [9.17, 15) is 4.79 Å². The second-order valence-electron chi connectivity index (χ2n) is 4.41. The molecular weight excluding hydrogens is 178 g/mol. The van der Waals surface area contributed by atoms with E-state index in [-0.39, 0.29) is 6.04 Å². The first kappa shape index (κ1) is 9.93. The second kappa shape index (κ2) is 3.87. The van der Waals surface area contributed by atoms with E-state index in [1.54, 1.807) is 0 Å². The average Bonchev–Trinajstić information content (AvgIpc) is 2.48. The van der Waals surface area contributed by atoms with E-state index in [2.05, 4.69) is 17.1 Å². The molecule has 2 aliphatic rings. The summed E-state index contributed by atoms with van der Waals surface area (Å²) >= 11 is 0. The Bertz CT molecular complexity index is 231. The molecule has 0 aromatic carbocycles. The number of rotatable bonds is 1. The first-order valence-electron chi connectivity index (χ1n) is 5.41. The fourth-order valence-corrected chi connectivity index (χ4v) is 2.39. The SMILES string of the molecule is CC1CN(C2CCN(C)C2=O)CCN1. The third-order valence-corrected chi connectivity index (χ3v) is 3.24. The van der Waals surface area contributed by atoms with E-state index in [0.29, 0.717) is 11.9 Å². The van der Waals surface area contributed by atoms with Crippen LogP contribution < -0.4 is 5.32 Å². The van der Waals surface area contributed by atoms with E-state index in [1.165, 1.54) is 0 Å². The van der Waals surface area contributed by atoms with Crippen molar-refractivity contribution in [3.05, 3.63) is 0 Å². The predicted molar refractivity (Wildman–Crippen MR) is 55.1 cm³/mol. The lowest BCUT2D eigenvalue weighted by Gasteiger charge is -2.35. The minimum atomic E-state index is 0.157. The highest BCUT2D eigenvalue weighted by Crippen LogP contribution is 2.16. The van der Waals surface area contributed by atoms with E-state index in [4.69, 9.17) is 0 Å². The third-order valence-electron chi connectivity index (χ3n) is 3.24. The lowest BCUT2D eigenvalue weighted by atomic mass is 10.1. The van der Waals surface area contributed by atoms with Crippen LogP contribution in [0.15, 0.2) is 0 Å². The molecule has 2 aliphatic heterocycles. The Morgan fingerprint density at radius 2 is 2.21 bits per heavy atom. The zero-order valence-corrected chi connectivity index (χ0v) is 8.99. The number of carbonyl (C=O) groups excluding carboxylic acids is 1. The van der Waals surface area contributed by atoms with Crippen molar-refractivity contribution in [2.75, 3.05) is 33.2 Å². The van der Waals surface area contributed by atoms with Gasteiger partial charge < -0.3 is 10.2 Å². The molecule has 80 valence electrons. The Morgan fingerprint density at radius 1 is 1.43 bits per heavy atom. The largest absolute Gasteiger partial charge is 0.344 e. The Labute approximate surface area is 85.2 Å². The number of likely N-dealkylation sites (N-methyl/N-ethyl adjacent to an activating group) is 1. The van der Waals surface area contributed by atoms with Gasteiger partial charge in [0, 0.05) is 39.3 Å². The van der Waals surface area contributed by atoms with Crippen LogP contribution in [0.4, 0.5) is 0 Å². The predicted octanol–water partition coefficient (Wildman–Crippen LogP) is -0.489. The minimum Gasteiger partial charge on any atom is -0.344 e. The lowest BCUT2D eigenvalue weighted by Crippen LogP contribution is -2.54. The molecule has 4 nitrogen and oxygen atoms in total. The minimum absolute atomic E-state index is 0.157. The summed E-state index contributed by atoms with van der Waals surface area (Å²) in [6.07, 6.45) is 1.00. The number of piperazine rings is 1. The summed E-state index contributed by atoms with van der Waals surface area (Å²) in [7, 11) is 1.90. The van der Waals surface area contributed by atoms with Gasteiger partial charge in [-0.3, -0.25) is 9.69 Å². The fraction of sp³-hybridized carbons (Fsp3) is 0.900. The Hall–Kier alpha value is -0.610. The van der Waals surface area contributed by atoms with Gasteiger partial charge in [-0.1, -0.05) is 0 Å². The van der Waals surface area contributed by atoms with Gasteiger partial charge in [-0.2, -0.15) is 0 Å². The molecular formula is C10H19N3O. The Balaban J connectivity index is 1.97. The number of nitrogens with one attached hydrogen (secondary N) is 1. The quantitative estimate of drug-likeness (QED) is 0.616. The molecule has 0 bridgehead atoms. The van der Waals surface area contributed by atoms with Crippen LogP contribution in [0, 0.1) is 0 Å². The molecule has 2 saturated heterocycles. The number of amides is 1. The second-order valence-corrected chi connectivity index (χ2v) is 4.41. The van der Waals surface area contributed by atoms with Gasteiger partial charge in [0.1, 0.15) is 0 Å². The van der Waals surface area contributed by atoms with Crippen LogP contribution in [0.25, 0.3) is 0 Å². The molecule has 1 N–H and O–H groups in total. The van der Waals surface area contributed by atoms with Crippen LogP contribution in [0.2, 0.25) is 0 Å². The third kappa shape index (κ3) is 1.77. The van der Waals surface area contributed by atoms with E-state index in [0.717, 1.165) is 32.6 Å². The molecule has 2 heterocycles. The number of likely N-dealkylation sites (tertiary alicyclic amines) is 1. The van der Waals surface area contributed by atoms with Crippen LogP contribution in [0.3, 0.4) is 0 Å². The highest BCUT2D eigenvalue weighted by Gasteiger charge is 2.35. The van der Waals surface area contributed by atoms with Gasteiger partial charge in [-0.25, -0.2) is 0 Å². The van der Waals surface area contributed by atoms with Crippen molar-refractivity contribution in [3.8, 4) is 0 Å². The zero-order valence-electron chi connectivity index (χ0n) is 8.99. The monoisotopic (exact) mass is 197 g/mol. The number of hydrogen-bond acceptors (Lipinski definition) is 3. The first-order valence-corrected chi connectivity index (χ1v) is 5.41. The van der Waals surface area contributed by atoms with Gasteiger partial charge in [0.15, 0.2) is 0 Å². The van der Waals surface area contributed by atoms with E-state index in [1.807, 2.05) is 11.9 Å². The van der Waals surface area contributed by atoms with Gasteiger partial charge in [0.2, 0.25) is 5.91 Å². The highest BCUT2D eigenvalue weighted by atomic mass is 16.2. The fourth-order valence-electron chi connectivity index (χ4n) is 2.39. The maximum Gasteiger partial charge on any atom is 0.239 e. The molecule has 0 spiro atoms. The Morgan fingerprint density at radius 3 is 2.79 bits per heavy atom. The van der Waals surface area contributed by atoms with E-state index < -0.39 is 0 Å². The highest BCUT2D eigenvalue weighted by molar-refractivity contribution is 5.83. The van der Waals surface area contributed by atoms with Crippen LogP contribution in [0.1, 0.15) is 13.3 Å². The van der Waals surface area contributed by atoms with Crippen LogP contribution in [-0.2, 0) is 4.79 Å². The van der Waals surface area contributed by atoms with Crippen molar-refractivity contribution in [1.29, 1.82) is 0 Å². The normalized spacial score (nSPS) is 35.3. The molecule has 0 radical (unpaired) electrons. The Kier molecular flexibility index (Phi) is 2.74. The van der Waals surface area contributed by atoms with Crippen LogP contribution >= 0.6 is 0 Å². The summed E-state index contributed by atoms with van der Waals surface area (Å²) in [4.78, 5) is 15.9. The summed E-state index contributed by atoms with van der Waals surface area (Å²) < 4.78 is 0. The summed E-state index contributed by atoms with van der Waals surface area (Å²) in [6.45, 7) is 6.12. The molecule has 2 unspecified atom stereocenters. The van der Waals surface area contributed by atoms with Gasteiger partial charge >= 0.3 is 0 Å². The topological polar surface area (TPSA) is 35.6 Å². The number of carbonyl (C=O) groups is 1. The lowest BCUT2D eigenvalue weighted by molar-refractivity contribution is -0.131. The van der Waals surface area contributed by atoms with E-state index >= 15 is 0 Å². The van der Waals surface area contributed by atoms with Gasteiger partial charge in [-0.05, 0) is 13.3 Å². The van der Waals surface area contributed by atoms with Crippen molar-refractivity contribution in [2.45, 2.75) is 25.4 Å². The maximum atomic E-state index is 11.8. The molecule has 0 aromatic rings. The summed E-state index contributed by atoms with van der Waals surface area (Å²) in [6, 6.07) is 0.673. The molecule has 1 amide bonds. The van der Waals surface area contributed by atoms with Crippen molar-refractivity contribution in [3.63, 3.8) is 0 Å². The van der Waals surface area contributed by atoms with Gasteiger partial charge in [-0.15, -0.1) is 0 Å². The summed E-state index contributed by atoms with van der Waals surface area (Å²) in [5.41, 5.74) is 0. The van der Waals surface area contributed by atoms with Crippen molar-refractivity contribution in [1.82, 2.24) is 15.1 Å². The molecule has 2 rings (SSSR count). The van der Waals surface area contributed by atoms with Crippen molar-refractivity contribution < 1.29 is 4.79 Å². The maximum absolute atomic E-state index is 11.8. The molecule has 0 aromatic heterocycles. The van der Waals surface area contributed by atoms with Crippen molar-refractivity contribution >= 4 is 5.91 Å².